The summed E-state index contributed by atoms with van der Waals surface area (Å²) in [5, 5.41) is 14.9. The Labute approximate surface area is 794 Å². The molecule has 4 aromatic heterocycles. The van der Waals surface area contributed by atoms with Gasteiger partial charge < -0.3 is 85.7 Å². The topological polar surface area (TPSA) is 286 Å². The minimum atomic E-state index is -0.499. The number of nitrogens with one attached hydrogen (secondary N) is 9. The molecule has 8 aliphatic heterocycles. The van der Waals surface area contributed by atoms with Gasteiger partial charge in [-0.05, 0) is 272 Å². The van der Waals surface area contributed by atoms with Gasteiger partial charge in [-0.2, -0.15) is 0 Å². The van der Waals surface area contributed by atoms with E-state index in [1.165, 1.54) is 42.5 Å². The molecule has 8 aliphatic rings. The second-order valence-corrected chi connectivity index (χ2v) is 36.1. The van der Waals surface area contributed by atoms with Gasteiger partial charge >= 0.3 is 0 Å². The lowest BCUT2D eigenvalue weighted by Crippen LogP contribution is -2.38. The number of halogens is 6. The van der Waals surface area contributed by atoms with E-state index in [2.05, 4.69) is 137 Å². The van der Waals surface area contributed by atoms with Gasteiger partial charge in [0.1, 0.15) is 23.3 Å². The first-order valence-corrected chi connectivity index (χ1v) is 48.1. The molecule has 0 saturated carbocycles. The van der Waals surface area contributed by atoms with Crippen molar-refractivity contribution >= 4 is 150 Å². The zero-order valence-electron chi connectivity index (χ0n) is 78.5. The molecule has 31 heteroatoms. The van der Waals surface area contributed by atoms with E-state index in [1.807, 2.05) is 59.4 Å². The van der Waals surface area contributed by atoms with Gasteiger partial charge in [-0.15, -0.1) is 0 Å². The quantitative estimate of drug-likeness (QED) is 0.0171. The minimum Gasteiger partial charge on any atom is -0.379 e. The molecule has 25 nitrogen and oxygen atoms in total. The number of anilines is 5. The zero-order valence-corrected chi connectivity index (χ0v) is 80.9. The molecule has 9 N–H and O–H groups in total. The number of hydrogen-bond donors (Lipinski definition) is 9. The fraction of sp³-hybridized carbons (Fsp3) is 0.398. The number of rotatable bonds is 27. The number of aromatic amines is 4. The standard InChI is InChI=1S/C31H35F2N5O2.C24H28BrFN4O2.C24H29ClN4O2.C24H29FN4O2/c1-4-37(5-2)13-14-38-12-6-7-25-29(31(38)40)19(3)26(35-25)16-23-22-15-24(33)28(17-27(22)36-30(23)39)34-18-20-8-10-21(32)11-9-20;1-4-29(5-2)9-10-30-8-6-7-19-21(24(30)32)14(3)20(27-19)13-17-16-11-15(26)12-18(25)22(16)28-23(17)31;2*1-4-28(5-2)11-12-29-10-6-7-20-22(24(29)31)15(3)21(26-20)14-18-17-13-16(25)8-9-19(17)27-23(18)30/h8-11,15-17,34-35H,4-7,12-14,18H2,1-3H3,(H,36,39);11-13,27H,4-10H2,1-3H3,(H,28,31);2*8-9,13-14,26H,4-7,10-12H2,1-3H3,(H,27,30)/b23-16-;17-13-;2*18-14-. The van der Waals surface area contributed by atoms with E-state index >= 15 is 4.39 Å². The van der Waals surface area contributed by atoms with Gasteiger partial charge in [0.25, 0.3) is 47.3 Å². The Morgan fingerprint density at radius 1 is 0.381 bits per heavy atom. The van der Waals surface area contributed by atoms with E-state index in [4.69, 9.17) is 11.6 Å². The Bertz CT molecular complexity index is 5960. The summed E-state index contributed by atoms with van der Waals surface area (Å²) in [4.78, 5) is 135. The Morgan fingerprint density at radius 3 is 1.07 bits per heavy atom. The van der Waals surface area contributed by atoms with Crippen molar-refractivity contribution in [3.05, 3.63) is 236 Å². The molecule has 0 bridgehead atoms. The SMILES string of the molecule is CCN(CC)CCN1CCCc2[nH]c(/C=C3\C(=O)Nc4c(Br)cc(F)cc43)c(C)c2C1=O.CCN(CC)CCN1CCCc2[nH]c(/C=C3\C(=O)Nc4cc(NCc5ccc(F)cc5)c(F)cc43)c(C)c2C1=O.CCN(CC)CCN1CCCc2[nH]c(/C=C3\C(=O)Nc4ccc(Cl)cc43)c(C)c2C1=O.CCN(CC)CCN1CCCc2[nH]c(/C=C3\C(=O)Nc4ccc(F)cc43)c(C)c2C1=O. The predicted molar refractivity (Wildman–Crippen MR) is 528 cm³/mol. The monoisotopic (exact) mass is 1910 g/mol. The van der Waals surface area contributed by atoms with Crippen LogP contribution >= 0.6 is 27.5 Å². The molecular formula is C103H121BrClF4N17O8. The number of fused-ring (bicyclic) bond motifs is 8. The predicted octanol–water partition coefficient (Wildman–Crippen LogP) is 17.8. The van der Waals surface area contributed by atoms with E-state index in [0.717, 1.165) is 235 Å². The molecule has 0 saturated heterocycles. The summed E-state index contributed by atoms with van der Waals surface area (Å²) >= 11 is 9.47. The van der Waals surface area contributed by atoms with Crippen LogP contribution in [0.1, 0.15) is 218 Å². The maximum atomic E-state index is 15.1. The Morgan fingerprint density at radius 2 is 0.701 bits per heavy atom. The van der Waals surface area contributed by atoms with Gasteiger partial charge in [0.2, 0.25) is 0 Å². The third kappa shape index (κ3) is 21.5. The highest BCUT2D eigenvalue weighted by atomic mass is 79.9. The maximum Gasteiger partial charge on any atom is 0.256 e. The summed E-state index contributed by atoms with van der Waals surface area (Å²) in [5.41, 5.74) is 20.2. The number of amides is 8. The number of hydrogen-bond acceptors (Lipinski definition) is 13. The van der Waals surface area contributed by atoms with Gasteiger partial charge in [-0.25, -0.2) is 17.6 Å². The van der Waals surface area contributed by atoms with Gasteiger partial charge in [-0.3, -0.25) is 38.4 Å². The lowest BCUT2D eigenvalue weighted by molar-refractivity contribution is -0.111. The first-order chi connectivity index (χ1) is 64.5. The molecule has 0 aliphatic carbocycles. The number of carbonyl (C=O) groups excluding carboxylic acids is 8. The van der Waals surface area contributed by atoms with Crippen LogP contribution in [-0.2, 0) is 51.4 Å². The fourth-order valence-electron chi connectivity index (χ4n) is 18.9. The number of H-pyrrole nitrogens is 4. The van der Waals surface area contributed by atoms with Crippen LogP contribution in [0.25, 0.3) is 46.6 Å². The lowest BCUT2D eigenvalue weighted by atomic mass is 10.0. The average molecular weight is 1920 g/mol. The van der Waals surface area contributed by atoms with Gasteiger partial charge in [0.15, 0.2) is 0 Å². The molecule has 0 atom stereocenters. The molecule has 8 amide bonds. The Hall–Kier alpha value is -11.9. The molecule has 134 heavy (non-hydrogen) atoms. The molecule has 5 aromatic carbocycles. The van der Waals surface area contributed by atoms with E-state index in [-0.39, 0.29) is 64.6 Å². The van der Waals surface area contributed by atoms with Crippen LogP contribution in [0.2, 0.25) is 5.02 Å². The first kappa shape index (κ1) is 98.1. The molecule has 17 rings (SSSR count). The highest BCUT2D eigenvalue weighted by molar-refractivity contribution is 9.10. The summed E-state index contributed by atoms with van der Waals surface area (Å²) in [6.45, 7) is 41.9. The van der Waals surface area contributed by atoms with Crippen molar-refractivity contribution in [1.82, 2.24) is 59.1 Å². The van der Waals surface area contributed by atoms with Crippen LogP contribution in [0.15, 0.2) is 89.4 Å². The second-order valence-electron chi connectivity index (χ2n) is 34.9. The molecule has 9 aromatic rings. The third-order valence-electron chi connectivity index (χ3n) is 27.0. The van der Waals surface area contributed by atoms with Crippen molar-refractivity contribution < 1.29 is 55.9 Å². The van der Waals surface area contributed by atoms with Crippen LogP contribution in [0.3, 0.4) is 0 Å². The molecular weight excluding hydrogens is 1790 g/mol. The lowest BCUT2D eigenvalue weighted by Gasteiger charge is -2.25. The van der Waals surface area contributed by atoms with Crippen molar-refractivity contribution in [2.75, 3.05) is 157 Å². The van der Waals surface area contributed by atoms with E-state index in [0.29, 0.717) is 126 Å². The third-order valence-corrected chi connectivity index (χ3v) is 27.9. The van der Waals surface area contributed by atoms with Crippen LogP contribution in [-0.4, -0.2) is 237 Å². The maximum absolute atomic E-state index is 15.1. The molecule has 0 fully saturated rings. The van der Waals surface area contributed by atoms with Gasteiger partial charge in [0, 0.05) is 174 Å². The van der Waals surface area contributed by atoms with E-state index in [9.17, 15) is 51.5 Å². The molecule has 0 radical (unpaired) electrons. The van der Waals surface area contributed by atoms with Gasteiger partial charge in [-0.1, -0.05) is 79.1 Å². The number of benzene rings is 5. The summed E-state index contributed by atoms with van der Waals surface area (Å²) in [7, 11) is 0. The summed E-state index contributed by atoms with van der Waals surface area (Å²) in [6.07, 6.45) is 13.7. The summed E-state index contributed by atoms with van der Waals surface area (Å²) < 4.78 is 56.5. The minimum absolute atomic E-state index is 0.0113. The van der Waals surface area contributed by atoms with Crippen LogP contribution in [0.5, 0.6) is 0 Å². The van der Waals surface area contributed by atoms with E-state index < -0.39 is 11.6 Å². The summed E-state index contributed by atoms with van der Waals surface area (Å²) in [6, 6.07) is 21.2. The number of aromatic nitrogens is 4. The highest BCUT2D eigenvalue weighted by Crippen LogP contribution is 2.44. The molecule has 12 heterocycles. The molecule has 0 spiro atoms. The number of likely N-dealkylation sites (N-methyl/N-ethyl adjacent to an activating group) is 4. The average Bonchev–Trinajstić information content (AvgIpc) is 1.63. The molecule has 0 unspecified atom stereocenters. The zero-order chi connectivity index (χ0) is 95.6. The van der Waals surface area contributed by atoms with Crippen molar-refractivity contribution in [2.24, 2.45) is 0 Å². The van der Waals surface area contributed by atoms with E-state index in [1.54, 1.807) is 54.6 Å². The van der Waals surface area contributed by atoms with Crippen LogP contribution in [0, 0.1) is 51.0 Å². The Kier molecular flexibility index (Phi) is 31.9. The first-order valence-electron chi connectivity index (χ1n) is 46.9. The van der Waals surface area contributed by atoms with Crippen molar-refractivity contribution in [3.8, 4) is 0 Å². The van der Waals surface area contributed by atoms with Gasteiger partial charge in [0.05, 0.1) is 61.6 Å². The second kappa shape index (κ2) is 43.6. The largest absolute Gasteiger partial charge is 0.379 e. The van der Waals surface area contributed by atoms with Crippen LogP contribution < -0.4 is 26.6 Å². The molecule has 708 valence electrons. The number of aryl methyl sites for hydroxylation is 4. The number of nitrogens with zero attached hydrogens (tertiary/aromatic N) is 8. The number of carbonyl (C=O) groups is 8. The fourth-order valence-corrected chi connectivity index (χ4v) is 19.6. The van der Waals surface area contributed by atoms with Crippen molar-refractivity contribution in [1.29, 1.82) is 0 Å². The smallest absolute Gasteiger partial charge is 0.256 e. The van der Waals surface area contributed by atoms with Crippen molar-refractivity contribution in [3.63, 3.8) is 0 Å². The van der Waals surface area contributed by atoms with Crippen LogP contribution in [0.4, 0.5) is 46.0 Å². The summed E-state index contributed by atoms with van der Waals surface area (Å²) in [5.74, 6) is -2.52. The van der Waals surface area contributed by atoms with Crippen molar-refractivity contribution in [2.45, 2.75) is 141 Å². The Balaban J connectivity index is 0.000000144. The highest BCUT2D eigenvalue weighted by Gasteiger charge is 2.37. The normalized spacial score (nSPS) is 16.8.